The van der Waals surface area contributed by atoms with E-state index in [9.17, 15) is 20.1 Å². The second kappa shape index (κ2) is 13.6. The van der Waals surface area contributed by atoms with Gasteiger partial charge in [0.05, 0.1) is 35.4 Å². The van der Waals surface area contributed by atoms with Crippen LogP contribution in [0.1, 0.15) is 95.4 Å². The van der Waals surface area contributed by atoms with Gasteiger partial charge >= 0.3 is 5.97 Å². The minimum absolute atomic E-state index is 0.0658. The Hall–Kier alpha value is -0.850. The Morgan fingerprint density at radius 2 is 1.57 bits per heavy atom. The number of ether oxygens (including phenoxy) is 4. The number of hydrogen-bond donors (Lipinski definition) is 4. The van der Waals surface area contributed by atoms with Crippen LogP contribution in [0.2, 0.25) is 0 Å². The average Bonchev–Trinajstić information content (AvgIpc) is 2.90. The summed E-state index contributed by atoms with van der Waals surface area (Å²) in [4.78, 5) is 15.8. The summed E-state index contributed by atoms with van der Waals surface area (Å²) >= 11 is 0. The Bertz CT molecular complexity index is 898. The maximum atomic E-state index is 13.8. The molecule has 2 aliphatic heterocycles. The number of carbonyl (C=O) groups is 1. The zero-order valence-electron chi connectivity index (χ0n) is 28.5. The summed E-state index contributed by atoms with van der Waals surface area (Å²) in [7, 11) is 3.51. The third-order valence-electron chi connectivity index (χ3n) is 11.2. The van der Waals surface area contributed by atoms with E-state index in [-0.39, 0.29) is 29.9 Å². The summed E-state index contributed by atoms with van der Waals surface area (Å²) in [6, 6.07) is -0.841. The fourth-order valence-corrected chi connectivity index (χ4v) is 7.12. The Labute approximate surface area is 254 Å². The van der Waals surface area contributed by atoms with Crippen LogP contribution >= 0.6 is 0 Å². The number of hydrogen-bond acceptors (Lipinski definition) is 10. The third kappa shape index (κ3) is 7.50. The van der Waals surface area contributed by atoms with E-state index in [1.165, 1.54) is 6.92 Å². The lowest BCUT2D eigenvalue weighted by Gasteiger charge is -2.49. The van der Waals surface area contributed by atoms with E-state index >= 15 is 0 Å². The normalized spacial score (nSPS) is 50.9. The van der Waals surface area contributed by atoms with Gasteiger partial charge in [0.25, 0.3) is 0 Å². The monoisotopic (exact) mass is 602 g/mol. The van der Waals surface area contributed by atoms with Crippen LogP contribution in [0.25, 0.3) is 0 Å². The Kier molecular flexibility index (Phi) is 12.1. The third-order valence-corrected chi connectivity index (χ3v) is 11.2. The molecule has 2 rings (SSSR count). The van der Waals surface area contributed by atoms with Gasteiger partial charge in [0.2, 0.25) is 0 Å². The first kappa shape index (κ1) is 37.3. The summed E-state index contributed by atoms with van der Waals surface area (Å²) in [5.74, 6) is -1.82. The molecule has 0 aromatic heterocycles. The summed E-state index contributed by atoms with van der Waals surface area (Å²) in [6.07, 6.45) is -1.57. The van der Waals surface area contributed by atoms with Crippen molar-refractivity contribution in [2.75, 3.05) is 20.7 Å². The minimum atomic E-state index is -1.76. The van der Waals surface area contributed by atoms with Crippen LogP contribution in [0, 0.1) is 23.7 Å². The summed E-state index contributed by atoms with van der Waals surface area (Å²) in [5.41, 5.74) is 1.24. The molecular weight excluding hydrogens is 540 g/mol. The molecule has 0 bridgehead atoms. The number of rotatable bonds is 4. The van der Waals surface area contributed by atoms with Gasteiger partial charge in [0, 0.05) is 26.1 Å². The Morgan fingerprint density at radius 1 is 1.00 bits per heavy atom. The Balaban J connectivity index is 2.58. The first-order chi connectivity index (χ1) is 19.1. The van der Waals surface area contributed by atoms with Crippen molar-refractivity contribution in [1.29, 1.82) is 0 Å². The largest absolute Gasteiger partial charge is 0.459 e. The minimum Gasteiger partial charge on any atom is -0.459 e. The van der Waals surface area contributed by atoms with Crippen molar-refractivity contribution in [2.45, 2.75) is 155 Å². The molecule has 10 heteroatoms. The number of nitrogens with two attached hydrogens (primary N) is 1. The molecule has 10 nitrogen and oxygen atoms in total. The van der Waals surface area contributed by atoms with E-state index in [2.05, 4.69) is 6.92 Å². The van der Waals surface area contributed by atoms with Gasteiger partial charge in [0.15, 0.2) is 6.29 Å². The van der Waals surface area contributed by atoms with E-state index in [1.807, 2.05) is 60.4 Å². The van der Waals surface area contributed by atoms with Crippen molar-refractivity contribution >= 4 is 5.97 Å². The van der Waals surface area contributed by atoms with Crippen LogP contribution in [0.3, 0.4) is 0 Å². The van der Waals surface area contributed by atoms with Crippen molar-refractivity contribution in [1.82, 2.24) is 4.90 Å². The van der Waals surface area contributed by atoms with Crippen molar-refractivity contribution in [2.24, 2.45) is 29.4 Å². The van der Waals surface area contributed by atoms with Gasteiger partial charge in [-0.2, -0.15) is 0 Å². The molecule has 42 heavy (non-hydrogen) atoms. The second-order valence-corrected chi connectivity index (χ2v) is 14.5. The molecule has 0 aromatic rings. The zero-order valence-corrected chi connectivity index (χ0v) is 28.5. The molecule has 0 saturated carbocycles. The average molecular weight is 603 g/mol. The lowest BCUT2D eigenvalue weighted by atomic mass is 9.72. The number of methoxy groups -OCH3 is 1. The molecule has 0 aromatic carbocycles. The summed E-state index contributed by atoms with van der Waals surface area (Å²) < 4.78 is 24.6. The van der Waals surface area contributed by atoms with Gasteiger partial charge in [0.1, 0.15) is 17.3 Å². The first-order valence-corrected chi connectivity index (χ1v) is 15.8. The molecule has 5 N–H and O–H groups in total. The van der Waals surface area contributed by atoms with Gasteiger partial charge in [-0.25, -0.2) is 0 Å². The van der Waals surface area contributed by atoms with Crippen molar-refractivity contribution in [3.63, 3.8) is 0 Å². The zero-order chi connectivity index (χ0) is 32.6. The molecule has 2 fully saturated rings. The van der Waals surface area contributed by atoms with Crippen LogP contribution in [-0.2, 0) is 23.7 Å². The summed E-state index contributed by atoms with van der Waals surface area (Å²) in [5, 5.41) is 35.3. The van der Waals surface area contributed by atoms with Crippen LogP contribution in [0.5, 0.6) is 0 Å². The maximum Gasteiger partial charge on any atom is 0.311 e. The van der Waals surface area contributed by atoms with Crippen molar-refractivity contribution in [3.05, 3.63) is 0 Å². The lowest BCUT2D eigenvalue weighted by molar-refractivity contribution is -0.274. The number of esters is 1. The predicted octanol–water partition coefficient (Wildman–Crippen LogP) is 3.08. The quantitative estimate of drug-likeness (QED) is 0.355. The maximum absolute atomic E-state index is 13.8. The van der Waals surface area contributed by atoms with E-state index in [4.69, 9.17) is 24.7 Å². The molecule has 0 radical (unpaired) electrons. The predicted molar refractivity (Wildman–Crippen MR) is 163 cm³/mol. The van der Waals surface area contributed by atoms with Crippen LogP contribution in [-0.4, -0.2) is 106 Å². The second-order valence-electron chi connectivity index (χ2n) is 14.5. The van der Waals surface area contributed by atoms with Gasteiger partial charge in [-0.05, 0) is 86.1 Å². The number of carbonyl (C=O) groups excluding carboxylic acids is 1. The topological polar surface area (TPSA) is 144 Å². The van der Waals surface area contributed by atoms with Crippen molar-refractivity contribution in [3.8, 4) is 0 Å². The first-order valence-electron chi connectivity index (χ1n) is 15.8. The standard InChI is InChI=1S/C32H62N2O8/c1-14-24-32(11,38)31(10,37)23(7)34(12)17-18(2)15-29(8,36)21(5)19(3)26(20(4)28(35)41-24)42-25-16-30(9,39-13)27(33)22(6)40-25/h18-27,36-38H,14-17,33H2,1-13H3/t18-,19-,20-,21-,22+,23-,24-,25+,26+,27+,29-,30-,31-,32-/m1/s1. The number of cyclic esters (lactones) is 1. The smallest absolute Gasteiger partial charge is 0.311 e. The van der Waals surface area contributed by atoms with Gasteiger partial charge in [-0.1, -0.05) is 27.7 Å². The van der Waals surface area contributed by atoms with Crippen molar-refractivity contribution < 1.29 is 39.1 Å². The highest BCUT2D eigenvalue weighted by molar-refractivity contribution is 5.73. The van der Waals surface area contributed by atoms with E-state index < -0.39 is 58.8 Å². The molecular formula is C32H62N2O8. The fourth-order valence-electron chi connectivity index (χ4n) is 7.12. The molecule has 248 valence electrons. The fraction of sp³-hybridized carbons (Fsp3) is 0.969. The number of nitrogens with zero attached hydrogens (tertiary/aromatic N) is 1. The van der Waals surface area contributed by atoms with Crippen LogP contribution in [0.4, 0.5) is 0 Å². The summed E-state index contributed by atoms with van der Waals surface area (Å²) in [6.45, 7) is 20.8. The molecule has 2 saturated heterocycles. The number of likely N-dealkylation sites (N-methyl/N-ethyl adjacent to an activating group) is 1. The Morgan fingerprint density at radius 3 is 2.10 bits per heavy atom. The molecule has 2 heterocycles. The van der Waals surface area contributed by atoms with Gasteiger partial charge < -0.3 is 44.9 Å². The molecule has 0 unspecified atom stereocenters. The molecule has 0 aliphatic carbocycles. The molecule has 14 atom stereocenters. The highest BCUT2D eigenvalue weighted by Gasteiger charge is 2.54. The van der Waals surface area contributed by atoms with Crippen LogP contribution < -0.4 is 5.73 Å². The van der Waals surface area contributed by atoms with Crippen LogP contribution in [0.15, 0.2) is 0 Å². The van der Waals surface area contributed by atoms with E-state index in [0.29, 0.717) is 25.8 Å². The number of aliphatic hydroxyl groups is 3. The lowest BCUT2D eigenvalue weighted by Crippen LogP contribution is -2.66. The van der Waals surface area contributed by atoms with E-state index in [1.54, 1.807) is 21.0 Å². The molecule has 0 amide bonds. The molecule has 2 aliphatic rings. The van der Waals surface area contributed by atoms with Gasteiger partial charge in [-0.3, -0.25) is 4.79 Å². The highest BCUT2D eigenvalue weighted by Crippen LogP contribution is 2.40. The highest BCUT2D eigenvalue weighted by atomic mass is 16.7. The van der Waals surface area contributed by atoms with E-state index in [0.717, 1.165) is 0 Å². The van der Waals surface area contributed by atoms with Gasteiger partial charge in [-0.15, -0.1) is 0 Å². The SMILES string of the molecule is CC[C@H]1OC(=O)[C@H](C)[C@@H](O[C@H]2C[C@@](C)(OC)[C@@H](N)[C@H](C)O2)[C@H](C)[C@@H](C)[C@](C)(O)C[C@@H](C)CN(C)[C@H](C)[C@@](C)(O)[C@]1(C)O. The molecule has 0 spiro atoms.